The summed E-state index contributed by atoms with van der Waals surface area (Å²) in [6.07, 6.45) is 0.621. The summed E-state index contributed by atoms with van der Waals surface area (Å²) >= 11 is 0. The Morgan fingerprint density at radius 1 is 1.07 bits per heavy atom. The molecule has 2 aromatic rings. The van der Waals surface area contributed by atoms with E-state index >= 15 is 0 Å². The third kappa shape index (κ3) is 4.01. The van der Waals surface area contributed by atoms with E-state index in [4.69, 9.17) is 14.2 Å². The van der Waals surface area contributed by atoms with Gasteiger partial charge in [-0.05, 0) is 36.2 Å². The third-order valence-corrected chi connectivity index (χ3v) is 4.54. The molecule has 1 amide bonds. The highest BCUT2D eigenvalue weighted by Gasteiger charge is 2.32. The minimum Gasteiger partial charge on any atom is -0.493 e. The number of hydrogen-bond donors (Lipinski definition) is 1. The smallest absolute Gasteiger partial charge is 0.257 e. The van der Waals surface area contributed by atoms with E-state index in [9.17, 15) is 4.79 Å². The van der Waals surface area contributed by atoms with Gasteiger partial charge in [0.2, 0.25) is 0 Å². The van der Waals surface area contributed by atoms with Crippen molar-refractivity contribution in [1.29, 1.82) is 0 Å². The molecule has 0 radical (unpaired) electrons. The summed E-state index contributed by atoms with van der Waals surface area (Å²) in [7, 11) is 3.25. The Balaban J connectivity index is 1.92. The quantitative estimate of drug-likeness (QED) is 0.718. The highest BCUT2D eigenvalue weighted by molar-refractivity contribution is 6.01. The van der Waals surface area contributed by atoms with E-state index in [1.807, 2.05) is 47.4 Å². The second kappa shape index (κ2) is 8.77. The van der Waals surface area contributed by atoms with Crippen molar-refractivity contribution in [2.24, 2.45) is 0 Å². The molecule has 1 aliphatic heterocycles. The maximum Gasteiger partial charge on any atom is 0.257 e. The number of nitrogens with one attached hydrogen (secondary N) is 1. The summed E-state index contributed by atoms with van der Waals surface area (Å²) in [5, 5.41) is 3.49. The van der Waals surface area contributed by atoms with Crippen LogP contribution in [-0.2, 0) is 4.74 Å². The number of fused-ring (bicyclic) bond motifs is 1. The number of benzene rings is 2. The molecule has 6 heteroatoms. The Morgan fingerprint density at radius 2 is 1.89 bits per heavy atom. The fourth-order valence-electron chi connectivity index (χ4n) is 3.24. The van der Waals surface area contributed by atoms with Crippen LogP contribution in [0.3, 0.4) is 0 Å². The number of carbonyl (C=O) groups excluding carboxylic acids is 1. The summed E-state index contributed by atoms with van der Waals surface area (Å²) in [5.74, 6) is 1.33. The minimum atomic E-state index is -0.255. The molecule has 0 saturated carbocycles. The van der Waals surface area contributed by atoms with Gasteiger partial charge in [-0.1, -0.05) is 25.1 Å². The Labute approximate surface area is 160 Å². The van der Waals surface area contributed by atoms with Gasteiger partial charge in [0.25, 0.3) is 5.91 Å². The summed E-state index contributed by atoms with van der Waals surface area (Å²) in [6.45, 7) is 3.68. The van der Waals surface area contributed by atoms with Crippen LogP contribution in [0.25, 0.3) is 0 Å². The second-order valence-electron chi connectivity index (χ2n) is 6.34. The van der Waals surface area contributed by atoms with E-state index in [1.54, 1.807) is 14.2 Å². The van der Waals surface area contributed by atoms with Crippen LogP contribution in [0.4, 0.5) is 5.69 Å². The van der Waals surface area contributed by atoms with Crippen molar-refractivity contribution in [1.82, 2.24) is 4.90 Å². The maximum absolute atomic E-state index is 13.0. The number of rotatable bonds is 8. The summed E-state index contributed by atoms with van der Waals surface area (Å²) < 4.78 is 16.2. The van der Waals surface area contributed by atoms with E-state index in [1.165, 1.54) is 0 Å². The average Bonchev–Trinajstić information content (AvgIpc) is 2.70. The lowest BCUT2D eigenvalue weighted by Crippen LogP contribution is -2.43. The van der Waals surface area contributed by atoms with Gasteiger partial charge in [-0.15, -0.1) is 0 Å². The van der Waals surface area contributed by atoms with Gasteiger partial charge in [-0.25, -0.2) is 0 Å². The predicted molar refractivity (Wildman–Crippen MR) is 104 cm³/mol. The molecule has 3 rings (SSSR count). The van der Waals surface area contributed by atoms with Gasteiger partial charge in [-0.2, -0.15) is 0 Å². The van der Waals surface area contributed by atoms with E-state index < -0.39 is 0 Å². The number of ether oxygens (including phenoxy) is 3. The zero-order chi connectivity index (χ0) is 19.2. The molecule has 1 atom stereocenters. The van der Waals surface area contributed by atoms with Crippen LogP contribution in [0.15, 0.2) is 42.5 Å². The number of carbonyl (C=O) groups is 1. The Hall–Kier alpha value is -2.73. The first-order valence-electron chi connectivity index (χ1n) is 9.15. The molecule has 0 spiro atoms. The van der Waals surface area contributed by atoms with Crippen molar-refractivity contribution in [2.45, 2.75) is 19.5 Å². The zero-order valence-electron chi connectivity index (χ0n) is 16.0. The highest BCUT2D eigenvalue weighted by atomic mass is 16.5. The van der Waals surface area contributed by atoms with Crippen molar-refractivity contribution in [3.05, 3.63) is 53.6 Å². The fraction of sp³-hybridized carbons (Fsp3) is 0.381. The minimum absolute atomic E-state index is 0.0376. The molecule has 2 aromatic carbocycles. The second-order valence-corrected chi connectivity index (χ2v) is 6.34. The lowest BCUT2D eigenvalue weighted by atomic mass is 10.0. The Morgan fingerprint density at radius 3 is 2.63 bits per heavy atom. The van der Waals surface area contributed by atoms with Crippen LogP contribution in [0.5, 0.6) is 11.5 Å². The number of hydrogen-bond acceptors (Lipinski definition) is 5. The van der Waals surface area contributed by atoms with Gasteiger partial charge in [0.05, 0.1) is 19.3 Å². The first-order valence-corrected chi connectivity index (χ1v) is 9.15. The van der Waals surface area contributed by atoms with Crippen molar-refractivity contribution >= 4 is 11.6 Å². The monoisotopic (exact) mass is 370 g/mol. The Bertz CT molecular complexity index is 794. The molecular formula is C21H26N2O4. The van der Waals surface area contributed by atoms with E-state index in [0.29, 0.717) is 36.8 Å². The van der Waals surface area contributed by atoms with Gasteiger partial charge in [0, 0.05) is 19.3 Å². The van der Waals surface area contributed by atoms with Crippen LogP contribution >= 0.6 is 0 Å². The average molecular weight is 370 g/mol. The van der Waals surface area contributed by atoms with Gasteiger partial charge >= 0.3 is 0 Å². The molecule has 27 heavy (non-hydrogen) atoms. The van der Waals surface area contributed by atoms with Crippen LogP contribution in [-0.4, -0.2) is 44.8 Å². The molecular weight excluding hydrogens is 344 g/mol. The molecule has 0 aliphatic carbocycles. The third-order valence-electron chi connectivity index (χ3n) is 4.54. The standard InChI is InChI=1S/C21H26N2O4/c1-4-11-23-20(22-17-8-6-5-7-16(17)21(23)24)15-9-10-18(19(14-15)26-3)27-13-12-25-2/h5-10,14,20,22H,4,11-13H2,1-3H3. The van der Waals surface area contributed by atoms with Crippen LogP contribution in [0, 0.1) is 0 Å². The largest absolute Gasteiger partial charge is 0.493 e. The maximum atomic E-state index is 13.0. The highest BCUT2D eigenvalue weighted by Crippen LogP contribution is 2.36. The molecule has 6 nitrogen and oxygen atoms in total. The molecule has 0 aromatic heterocycles. The fourth-order valence-corrected chi connectivity index (χ4v) is 3.24. The zero-order valence-corrected chi connectivity index (χ0v) is 16.0. The number of nitrogens with zero attached hydrogens (tertiary/aromatic N) is 1. The van der Waals surface area contributed by atoms with Gasteiger partial charge in [0.15, 0.2) is 11.5 Å². The van der Waals surface area contributed by atoms with Crippen molar-refractivity contribution in [2.75, 3.05) is 39.3 Å². The molecule has 0 saturated heterocycles. The first kappa shape index (κ1) is 19.0. The van der Waals surface area contributed by atoms with Gasteiger partial charge in [-0.3, -0.25) is 4.79 Å². The molecule has 1 aliphatic rings. The number of methoxy groups -OCH3 is 2. The number of anilines is 1. The van der Waals surface area contributed by atoms with Crippen LogP contribution in [0.1, 0.15) is 35.4 Å². The molecule has 144 valence electrons. The van der Waals surface area contributed by atoms with Gasteiger partial charge in [0.1, 0.15) is 12.8 Å². The molecule has 1 heterocycles. The van der Waals surface area contributed by atoms with Crippen molar-refractivity contribution in [3.63, 3.8) is 0 Å². The number of amides is 1. The van der Waals surface area contributed by atoms with Gasteiger partial charge < -0.3 is 24.4 Å². The summed E-state index contributed by atoms with van der Waals surface area (Å²) in [6, 6.07) is 13.4. The molecule has 1 N–H and O–H groups in total. The Kier molecular flexibility index (Phi) is 6.19. The van der Waals surface area contributed by atoms with Crippen LogP contribution in [0.2, 0.25) is 0 Å². The molecule has 0 fully saturated rings. The van der Waals surface area contributed by atoms with E-state index in [-0.39, 0.29) is 12.1 Å². The summed E-state index contributed by atoms with van der Waals surface area (Å²) in [4.78, 5) is 14.9. The van der Waals surface area contributed by atoms with E-state index in [2.05, 4.69) is 12.2 Å². The molecule has 0 bridgehead atoms. The molecule has 1 unspecified atom stereocenters. The SMILES string of the molecule is CCCN1C(=O)c2ccccc2NC1c1ccc(OCCOC)c(OC)c1. The predicted octanol–water partition coefficient (Wildman–Crippen LogP) is 3.70. The topological polar surface area (TPSA) is 60.0 Å². The van der Waals surface area contributed by atoms with Crippen molar-refractivity contribution in [3.8, 4) is 11.5 Å². The van der Waals surface area contributed by atoms with Crippen molar-refractivity contribution < 1.29 is 19.0 Å². The number of para-hydroxylation sites is 1. The van der Waals surface area contributed by atoms with Crippen LogP contribution < -0.4 is 14.8 Å². The lowest BCUT2D eigenvalue weighted by molar-refractivity contribution is 0.0683. The normalized spacial score (nSPS) is 15.9. The van der Waals surface area contributed by atoms with E-state index in [0.717, 1.165) is 17.7 Å². The first-order chi connectivity index (χ1) is 13.2. The summed E-state index contributed by atoms with van der Waals surface area (Å²) in [5.41, 5.74) is 2.50. The lowest BCUT2D eigenvalue weighted by Gasteiger charge is -2.38.